The molecule has 6 nitrogen and oxygen atoms in total. The molecule has 3 rings (SSSR count). The van der Waals surface area contributed by atoms with Crippen molar-refractivity contribution >= 4 is 17.6 Å². The summed E-state index contributed by atoms with van der Waals surface area (Å²) in [6.07, 6.45) is 1.92. The molecule has 1 fully saturated rings. The first-order valence-corrected chi connectivity index (χ1v) is 8.75. The zero-order valence-corrected chi connectivity index (χ0v) is 14.9. The Bertz CT molecular complexity index is 709. The fourth-order valence-corrected chi connectivity index (χ4v) is 3.35. The Morgan fingerprint density at radius 3 is 2.68 bits per heavy atom. The summed E-state index contributed by atoms with van der Waals surface area (Å²) in [7, 11) is 1.88. The van der Waals surface area contributed by atoms with E-state index in [4.69, 9.17) is 21.2 Å². The average molecular weight is 364 g/mol. The van der Waals surface area contributed by atoms with Crippen molar-refractivity contribution in [3.63, 3.8) is 0 Å². The molecule has 1 aromatic carbocycles. The van der Waals surface area contributed by atoms with Gasteiger partial charge in [0.05, 0.1) is 13.1 Å². The molecule has 7 heteroatoms. The Morgan fingerprint density at radius 1 is 1.36 bits per heavy atom. The maximum Gasteiger partial charge on any atom is 0.317 e. The predicted molar refractivity (Wildman–Crippen MR) is 95.5 cm³/mol. The van der Waals surface area contributed by atoms with E-state index in [2.05, 4.69) is 10.1 Å². The van der Waals surface area contributed by atoms with Crippen LogP contribution in [0.2, 0.25) is 5.02 Å². The molecule has 1 saturated heterocycles. The zero-order chi connectivity index (χ0) is 17.8. The molecule has 0 unspecified atom stereocenters. The van der Waals surface area contributed by atoms with E-state index >= 15 is 0 Å². The highest BCUT2D eigenvalue weighted by atomic mass is 35.5. The van der Waals surface area contributed by atoms with E-state index in [1.54, 1.807) is 0 Å². The summed E-state index contributed by atoms with van der Waals surface area (Å²) in [5.41, 5.74) is 1.79. The highest BCUT2D eigenvalue weighted by Crippen LogP contribution is 2.23. The standard InChI is InChI=1S/C18H22ClN3O3/c1-21(12-18(23)24)15-6-8-22(9-7-15)11-16-10-17(20-25-16)13-2-4-14(19)5-3-13/h2-5,10,15H,6-9,11-12H2,1H3,(H,23,24). The predicted octanol–water partition coefficient (Wildman–Crippen LogP) is 2.98. The number of carboxylic acid groups (broad SMARTS) is 1. The van der Waals surface area contributed by atoms with Crippen molar-refractivity contribution in [2.75, 3.05) is 26.7 Å². The number of aromatic nitrogens is 1. The van der Waals surface area contributed by atoms with Crippen LogP contribution in [0, 0.1) is 0 Å². The summed E-state index contributed by atoms with van der Waals surface area (Å²) in [6, 6.07) is 9.81. The third-order valence-corrected chi connectivity index (χ3v) is 4.90. The topological polar surface area (TPSA) is 69.8 Å². The normalized spacial score (nSPS) is 16.4. The van der Waals surface area contributed by atoms with Gasteiger partial charge in [-0.05, 0) is 32.0 Å². The summed E-state index contributed by atoms with van der Waals surface area (Å²) < 4.78 is 5.47. The van der Waals surface area contributed by atoms with Crippen LogP contribution in [-0.4, -0.2) is 58.8 Å². The van der Waals surface area contributed by atoms with E-state index < -0.39 is 5.97 Å². The van der Waals surface area contributed by atoms with E-state index in [0.29, 0.717) is 11.1 Å². The van der Waals surface area contributed by atoms with E-state index in [9.17, 15) is 4.79 Å². The lowest BCUT2D eigenvalue weighted by Crippen LogP contribution is -2.44. The number of nitrogens with zero attached hydrogens (tertiary/aromatic N) is 3. The van der Waals surface area contributed by atoms with Gasteiger partial charge in [-0.15, -0.1) is 0 Å². The number of aliphatic carboxylic acids is 1. The molecule has 134 valence electrons. The molecule has 2 aromatic rings. The Morgan fingerprint density at radius 2 is 2.04 bits per heavy atom. The lowest BCUT2D eigenvalue weighted by atomic mass is 10.0. The molecule has 0 aliphatic carbocycles. The van der Waals surface area contributed by atoms with Gasteiger partial charge in [0, 0.05) is 35.8 Å². The van der Waals surface area contributed by atoms with Gasteiger partial charge >= 0.3 is 5.97 Å². The first-order chi connectivity index (χ1) is 12.0. The Balaban J connectivity index is 1.53. The molecule has 0 amide bonds. The molecule has 0 saturated carbocycles. The minimum absolute atomic E-state index is 0.0945. The molecule has 0 bridgehead atoms. The molecular weight excluding hydrogens is 342 g/mol. The second kappa shape index (κ2) is 7.99. The van der Waals surface area contributed by atoms with Gasteiger partial charge < -0.3 is 9.63 Å². The number of likely N-dealkylation sites (tertiary alicyclic amines) is 1. The minimum atomic E-state index is -0.777. The minimum Gasteiger partial charge on any atom is -0.480 e. The van der Waals surface area contributed by atoms with Crippen LogP contribution in [0.4, 0.5) is 0 Å². The van der Waals surface area contributed by atoms with Crippen LogP contribution in [-0.2, 0) is 11.3 Å². The zero-order valence-electron chi connectivity index (χ0n) is 14.2. The fourth-order valence-electron chi connectivity index (χ4n) is 3.23. The highest BCUT2D eigenvalue weighted by Gasteiger charge is 2.24. The Hall–Kier alpha value is -1.89. The Labute approximate surface area is 152 Å². The van der Waals surface area contributed by atoms with Gasteiger partial charge in [-0.2, -0.15) is 0 Å². The van der Waals surface area contributed by atoms with Gasteiger partial charge in [-0.25, -0.2) is 0 Å². The van der Waals surface area contributed by atoms with Crippen LogP contribution in [0.25, 0.3) is 11.3 Å². The van der Waals surface area contributed by atoms with Crippen molar-refractivity contribution in [1.29, 1.82) is 0 Å². The van der Waals surface area contributed by atoms with Crippen molar-refractivity contribution in [3.05, 3.63) is 41.1 Å². The number of hydrogen-bond acceptors (Lipinski definition) is 5. The van der Waals surface area contributed by atoms with Gasteiger partial charge in [0.25, 0.3) is 0 Å². The van der Waals surface area contributed by atoms with E-state index in [0.717, 1.165) is 49.5 Å². The number of hydrogen-bond donors (Lipinski definition) is 1. The number of halogens is 1. The summed E-state index contributed by atoms with van der Waals surface area (Å²) >= 11 is 5.91. The number of likely N-dealkylation sites (N-methyl/N-ethyl adjacent to an activating group) is 1. The third kappa shape index (κ3) is 4.81. The van der Waals surface area contributed by atoms with Crippen LogP contribution >= 0.6 is 11.6 Å². The third-order valence-electron chi connectivity index (χ3n) is 4.64. The maximum absolute atomic E-state index is 10.8. The quantitative estimate of drug-likeness (QED) is 0.850. The van der Waals surface area contributed by atoms with Crippen LogP contribution in [0.5, 0.6) is 0 Å². The van der Waals surface area contributed by atoms with E-state index in [1.165, 1.54) is 0 Å². The number of carbonyl (C=O) groups is 1. The van der Waals surface area contributed by atoms with Crippen molar-refractivity contribution in [3.8, 4) is 11.3 Å². The van der Waals surface area contributed by atoms with Crippen LogP contribution < -0.4 is 0 Å². The van der Waals surface area contributed by atoms with Crippen molar-refractivity contribution in [2.45, 2.75) is 25.4 Å². The molecule has 0 spiro atoms. The lowest BCUT2D eigenvalue weighted by Gasteiger charge is -2.35. The average Bonchev–Trinajstić information content (AvgIpc) is 3.04. The molecule has 1 N–H and O–H groups in total. The molecule has 2 heterocycles. The monoisotopic (exact) mass is 363 g/mol. The molecule has 0 atom stereocenters. The molecular formula is C18H22ClN3O3. The van der Waals surface area contributed by atoms with Crippen LogP contribution in [0.3, 0.4) is 0 Å². The fraction of sp³-hybridized carbons (Fsp3) is 0.444. The molecule has 25 heavy (non-hydrogen) atoms. The SMILES string of the molecule is CN(CC(=O)O)C1CCN(Cc2cc(-c3ccc(Cl)cc3)no2)CC1. The second-order valence-corrected chi connectivity index (χ2v) is 6.94. The second-order valence-electron chi connectivity index (χ2n) is 6.50. The molecule has 1 aliphatic heterocycles. The van der Waals surface area contributed by atoms with Crippen molar-refractivity contribution < 1.29 is 14.4 Å². The molecule has 0 radical (unpaired) electrons. The van der Waals surface area contributed by atoms with Gasteiger partial charge in [-0.1, -0.05) is 28.9 Å². The molecule has 1 aliphatic rings. The largest absolute Gasteiger partial charge is 0.480 e. The highest BCUT2D eigenvalue weighted by molar-refractivity contribution is 6.30. The Kier molecular flexibility index (Phi) is 5.73. The van der Waals surface area contributed by atoms with Gasteiger partial charge in [0.15, 0.2) is 5.76 Å². The van der Waals surface area contributed by atoms with Crippen molar-refractivity contribution in [1.82, 2.24) is 15.0 Å². The summed E-state index contributed by atoms with van der Waals surface area (Å²) in [4.78, 5) is 15.1. The summed E-state index contributed by atoms with van der Waals surface area (Å²) in [5, 5.41) is 13.7. The van der Waals surface area contributed by atoms with Crippen molar-refractivity contribution in [2.24, 2.45) is 0 Å². The van der Waals surface area contributed by atoms with Crippen LogP contribution in [0.1, 0.15) is 18.6 Å². The number of benzene rings is 1. The number of carboxylic acids is 1. The van der Waals surface area contributed by atoms with Gasteiger partial charge in [0.1, 0.15) is 5.69 Å². The molecule has 1 aromatic heterocycles. The van der Waals surface area contributed by atoms with E-state index in [1.807, 2.05) is 42.3 Å². The maximum atomic E-state index is 10.8. The van der Waals surface area contributed by atoms with E-state index in [-0.39, 0.29) is 6.54 Å². The number of rotatable bonds is 6. The van der Waals surface area contributed by atoms with Gasteiger partial charge in [-0.3, -0.25) is 14.6 Å². The smallest absolute Gasteiger partial charge is 0.317 e. The summed E-state index contributed by atoms with van der Waals surface area (Å²) in [6.45, 7) is 2.66. The lowest BCUT2D eigenvalue weighted by molar-refractivity contribution is -0.138. The number of piperidine rings is 1. The van der Waals surface area contributed by atoms with Gasteiger partial charge in [0.2, 0.25) is 0 Å². The van der Waals surface area contributed by atoms with Crippen LogP contribution in [0.15, 0.2) is 34.9 Å². The first kappa shape index (κ1) is 17.9. The first-order valence-electron chi connectivity index (χ1n) is 8.37. The summed E-state index contributed by atoms with van der Waals surface area (Å²) in [5.74, 6) is 0.0589.